The van der Waals surface area contributed by atoms with Crippen molar-refractivity contribution in [1.82, 2.24) is 5.43 Å². The number of amides is 1. The van der Waals surface area contributed by atoms with Crippen molar-refractivity contribution in [2.75, 3.05) is 17.1 Å². The van der Waals surface area contributed by atoms with Gasteiger partial charge in [-0.15, -0.1) is 0 Å². The number of halogens is 2. The van der Waals surface area contributed by atoms with Gasteiger partial charge < -0.3 is 0 Å². The number of nitrogens with one attached hydrogen (secondary N) is 1. The topological polar surface area (TPSA) is 78.8 Å². The van der Waals surface area contributed by atoms with Gasteiger partial charge in [-0.3, -0.25) is 9.10 Å². The van der Waals surface area contributed by atoms with Crippen LogP contribution in [-0.2, 0) is 14.8 Å². The Balaban J connectivity index is 2.06. The lowest BCUT2D eigenvalue weighted by molar-refractivity contribution is -0.119. The van der Waals surface area contributed by atoms with Crippen LogP contribution in [0, 0.1) is 5.82 Å². The second-order valence-corrected chi connectivity index (χ2v) is 7.92. The van der Waals surface area contributed by atoms with E-state index < -0.39 is 22.5 Å². The molecule has 0 aromatic heterocycles. The molecule has 0 aliphatic rings. The maximum atomic E-state index is 12.8. The predicted molar refractivity (Wildman–Crippen MR) is 98.5 cm³/mol. The number of nitrogens with zero attached hydrogens (tertiary/aromatic N) is 2. The summed E-state index contributed by atoms with van der Waals surface area (Å²) in [6.45, 7) is -0.421. The van der Waals surface area contributed by atoms with Crippen LogP contribution in [0.15, 0.2) is 58.1 Å². The van der Waals surface area contributed by atoms with Gasteiger partial charge in [0, 0.05) is 4.47 Å². The average Bonchev–Trinajstić information content (AvgIpc) is 2.53. The molecule has 1 amide bonds. The summed E-state index contributed by atoms with van der Waals surface area (Å²) >= 11 is 3.26. The van der Waals surface area contributed by atoms with E-state index in [1.165, 1.54) is 30.5 Å². The maximum Gasteiger partial charge on any atom is 0.260 e. The highest BCUT2D eigenvalue weighted by atomic mass is 79.9. The molecule has 132 valence electrons. The van der Waals surface area contributed by atoms with Crippen LogP contribution in [0.3, 0.4) is 0 Å². The fourth-order valence-corrected chi connectivity index (χ4v) is 3.16. The Hall–Kier alpha value is -2.26. The molecule has 25 heavy (non-hydrogen) atoms. The molecular weight excluding hydrogens is 413 g/mol. The summed E-state index contributed by atoms with van der Waals surface area (Å²) in [6.07, 6.45) is 2.35. The Labute approximate surface area is 153 Å². The van der Waals surface area contributed by atoms with Crippen molar-refractivity contribution in [3.63, 3.8) is 0 Å². The SMILES string of the molecule is CS(=O)(=O)N(CC(=O)N/N=C\c1ccc(F)cc1)c1cccc(Br)c1. The lowest BCUT2D eigenvalue weighted by Gasteiger charge is -2.21. The van der Waals surface area contributed by atoms with Gasteiger partial charge in [0.1, 0.15) is 12.4 Å². The van der Waals surface area contributed by atoms with Gasteiger partial charge in [0.15, 0.2) is 0 Å². The van der Waals surface area contributed by atoms with Gasteiger partial charge >= 0.3 is 0 Å². The molecule has 2 aromatic rings. The second-order valence-electron chi connectivity index (χ2n) is 5.09. The number of anilines is 1. The monoisotopic (exact) mass is 427 g/mol. The summed E-state index contributed by atoms with van der Waals surface area (Å²) in [7, 11) is -3.65. The minimum Gasteiger partial charge on any atom is -0.271 e. The molecule has 0 saturated heterocycles. The molecule has 9 heteroatoms. The molecule has 0 aliphatic carbocycles. The van der Waals surface area contributed by atoms with E-state index in [-0.39, 0.29) is 5.82 Å². The third-order valence-corrected chi connectivity index (χ3v) is 4.69. The molecule has 2 rings (SSSR count). The quantitative estimate of drug-likeness (QED) is 0.568. The molecule has 1 N–H and O–H groups in total. The van der Waals surface area contributed by atoms with Crippen LogP contribution in [0.25, 0.3) is 0 Å². The summed E-state index contributed by atoms with van der Waals surface area (Å²) in [6, 6.07) is 12.1. The molecule has 0 heterocycles. The van der Waals surface area contributed by atoms with Crippen molar-refractivity contribution >= 4 is 43.8 Å². The fourth-order valence-electron chi connectivity index (χ4n) is 1.92. The van der Waals surface area contributed by atoms with E-state index >= 15 is 0 Å². The van der Waals surface area contributed by atoms with Gasteiger partial charge in [-0.1, -0.05) is 34.1 Å². The first-order valence-electron chi connectivity index (χ1n) is 7.06. The molecule has 0 bridgehead atoms. The fraction of sp³-hybridized carbons (Fsp3) is 0.125. The van der Waals surface area contributed by atoms with Crippen LogP contribution in [0.1, 0.15) is 5.56 Å². The summed E-state index contributed by atoms with van der Waals surface area (Å²) in [5.41, 5.74) is 3.20. The highest BCUT2D eigenvalue weighted by molar-refractivity contribution is 9.10. The van der Waals surface area contributed by atoms with Crippen molar-refractivity contribution in [1.29, 1.82) is 0 Å². The number of hydrogen-bond acceptors (Lipinski definition) is 4. The minimum absolute atomic E-state index is 0.356. The second kappa shape index (κ2) is 8.21. The third kappa shape index (κ3) is 5.95. The van der Waals surface area contributed by atoms with E-state index in [4.69, 9.17) is 0 Å². The number of carbonyl (C=O) groups excluding carboxylic acids is 1. The predicted octanol–water partition coefficient (Wildman–Crippen LogP) is 2.50. The lowest BCUT2D eigenvalue weighted by Crippen LogP contribution is -2.39. The van der Waals surface area contributed by atoms with Crippen molar-refractivity contribution in [2.45, 2.75) is 0 Å². The first kappa shape index (κ1) is 19.1. The van der Waals surface area contributed by atoms with Crippen LogP contribution in [-0.4, -0.2) is 33.3 Å². The summed E-state index contributed by atoms with van der Waals surface area (Å²) in [5, 5.41) is 3.74. The van der Waals surface area contributed by atoms with Gasteiger partial charge in [0.05, 0.1) is 18.2 Å². The van der Waals surface area contributed by atoms with Crippen LogP contribution in [0.2, 0.25) is 0 Å². The highest BCUT2D eigenvalue weighted by Crippen LogP contribution is 2.21. The number of carbonyl (C=O) groups is 1. The highest BCUT2D eigenvalue weighted by Gasteiger charge is 2.20. The Bertz CT molecular complexity index is 886. The van der Waals surface area contributed by atoms with Crippen molar-refractivity contribution < 1.29 is 17.6 Å². The van der Waals surface area contributed by atoms with Crippen molar-refractivity contribution in [3.8, 4) is 0 Å². The maximum absolute atomic E-state index is 12.8. The van der Waals surface area contributed by atoms with E-state index in [0.717, 1.165) is 10.6 Å². The first-order chi connectivity index (χ1) is 11.8. The van der Waals surface area contributed by atoms with Crippen molar-refractivity contribution in [2.24, 2.45) is 5.10 Å². The Kier molecular flexibility index (Phi) is 6.27. The van der Waals surface area contributed by atoms with Gasteiger partial charge in [-0.2, -0.15) is 5.10 Å². The van der Waals surface area contributed by atoms with E-state index in [1.807, 2.05) is 0 Å². The number of rotatable bonds is 6. The molecule has 0 spiro atoms. The van der Waals surface area contributed by atoms with Crippen LogP contribution < -0.4 is 9.73 Å². The number of hydrogen-bond donors (Lipinski definition) is 1. The Morgan fingerprint density at radius 1 is 1.28 bits per heavy atom. The molecule has 0 saturated carbocycles. The number of sulfonamides is 1. The number of hydrazone groups is 1. The molecule has 0 radical (unpaired) electrons. The van der Waals surface area contributed by atoms with Crippen LogP contribution >= 0.6 is 15.9 Å². The zero-order valence-electron chi connectivity index (χ0n) is 13.2. The molecule has 0 atom stereocenters. The van der Waals surface area contributed by atoms with Crippen molar-refractivity contribution in [3.05, 3.63) is 64.4 Å². The van der Waals surface area contributed by atoms with Crippen LogP contribution in [0.5, 0.6) is 0 Å². The van der Waals surface area contributed by atoms with Gasteiger partial charge in [-0.05, 0) is 35.9 Å². The third-order valence-electron chi connectivity index (χ3n) is 3.06. The summed E-state index contributed by atoms with van der Waals surface area (Å²) in [4.78, 5) is 12.0. The average molecular weight is 428 g/mol. The van der Waals surface area contributed by atoms with Gasteiger partial charge in [0.25, 0.3) is 5.91 Å². The standard InChI is InChI=1S/C16H15BrFN3O3S/c1-25(23,24)21(15-4-2-3-13(17)9-15)11-16(22)20-19-10-12-5-7-14(18)8-6-12/h2-10H,11H2,1H3,(H,20,22)/b19-10-. The molecule has 0 fully saturated rings. The Morgan fingerprint density at radius 3 is 2.56 bits per heavy atom. The molecule has 2 aromatic carbocycles. The lowest BCUT2D eigenvalue weighted by atomic mass is 10.2. The van der Waals surface area contributed by atoms with E-state index in [9.17, 15) is 17.6 Å². The summed E-state index contributed by atoms with van der Waals surface area (Å²) < 4.78 is 38.4. The Morgan fingerprint density at radius 2 is 1.96 bits per heavy atom. The van der Waals surface area contributed by atoms with Gasteiger partial charge in [-0.25, -0.2) is 18.2 Å². The zero-order chi connectivity index (χ0) is 18.4. The normalized spacial score (nSPS) is 11.5. The summed E-state index contributed by atoms with van der Waals surface area (Å²) in [5.74, 6) is -0.984. The molecule has 0 aliphatic heterocycles. The van der Waals surface area contributed by atoms with Gasteiger partial charge in [0.2, 0.25) is 10.0 Å². The smallest absolute Gasteiger partial charge is 0.260 e. The molecule has 0 unspecified atom stereocenters. The van der Waals surface area contributed by atoms with E-state index in [0.29, 0.717) is 15.7 Å². The number of benzene rings is 2. The first-order valence-corrected chi connectivity index (χ1v) is 9.70. The molecule has 6 nitrogen and oxygen atoms in total. The van der Waals surface area contributed by atoms with Crippen LogP contribution in [0.4, 0.5) is 10.1 Å². The minimum atomic E-state index is -3.65. The molecular formula is C16H15BrFN3O3S. The zero-order valence-corrected chi connectivity index (χ0v) is 15.6. The van der Waals surface area contributed by atoms with E-state index in [2.05, 4.69) is 26.5 Å². The van der Waals surface area contributed by atoms with E-state index in [1.54, 1.807) is 24.3 Å². The largest absolute Gasteiger partial charge is 0.271 e.